The van der Waals surface area contributed by atoms with Crippen molar-refractivity contribution in [2.24, 2.45) is 5.92 Å². The smallest absolute Gasteiger partial charge is 0.414 e. The molecule has 0 amide bonds. The van der Waals surface area contributed by atoms with Crippen molar-refractivity contribution >= 4 is 0 Å². The minimum Gasteiger partial charge on any atom is -0.491 e. The van der Waals surface area contributed by atoms with Gasteiger partial charge in [0.1, 0.15) is 18.5 Å². The summed E-state index contributed by atoms with van der Waals surface area (Å²) in [5.74, 6) is -0.0508. The number of hydrogen-bond donors (Lipinski definition) is 2. The maximum atomic E-state index is 12.5. The van der Waals surface area contributed by atoms with Crippen LogP contribution >= 0.6 is 0 Å². The number of piperidine rings is 1. The highest BCUT2D eigenvalue weighted by atomic mass is 19.4. The lowest BCUT2D eigenvalue weighted by Gasteiger charge is -2.35. The van der Waals surface area contributed by atoms with Gasteiger partial charge in [-0.25, -0.2) is 0 Å². The first-order valence-electron chi connectivity index (χ1n) is 8.11. The molecular formula is C17H24F3NO3. The van der Waals surface area contributed by atoms with Gasteiger partial charge in [0.25, 0.3) is 0 Å². The molecule has 7 heteroatoms. The number of likely N-dealkylation sites (tertiary alicyclic amines) is 1. The van der Waals surface area contributed by atoms with Crippen molar-refractivity contribution in [2.45, 2.75) is 38.1 Å². The van der Waals surface area contributed by atoms with Gasteiger partial charge in [0.2, 0.25) is 0 Å². The zero-order chi connectivity index (χ0) is 17.7. The first kappa shape index (κ1) is 19.0. The van der Waals surface area contributed by atoms with Crippen molar-refractivity contribution in [1.29, 1.82) is 0 Å². The number of β-amino-alcohol motifs (C(OH)–C–C–N with tert-alkyl or cyclic N) is 1. The number of benzene rings is 1. The standard InChI is InChI=1S/C17H24F3NO3/c1-12-4-2-3-5-15(12)24-11-14(22)10-21-8-6-13(7-9-21)16(23)17(18,19)20/h2-5,13-14,16,22-23H,6-11H2,1H3. The molecule has 0 spiro atoms. The Kier molecular flexibility index (Phi) is 6.48. The van der Waals surface area contributed by atoms with E-state index in [9.17, 15) is 23.4 Å². The van der Waals surface area contributed by atoms with E-state index < -0.39 is 24.3 Å². The van der Waals surface area contributed by atoms with Crippen molar-refractivity contribution in [3.05, 3.63) is 29.8 Å². The van der Waals surface area contributed by atoms with E-state index in [0.29, 0.717) is 25.4 Å². The van der Waals surface area contributed by atoms with Crippen molar-refractivity contribution in [3.8, 4) is 5.75 Å². The van der Waals surface area contributed by atoms with Crippen LogP contribution < -0.4 is 4.74 Å². The fraction of sp³-hybridized carbons (Fsp3) is 0.647. The van der Waals surface area contributed by atoms with Gasteiger partial charge in [-0.1, -0.05) is 18.2 Å². The Labute approximate surface area is 139 Å². The van der Waals surface area contributed by atoms with Crippen LogP contribution in [0.5, 0.6) is 5.75 Å². The number of nitrogens with zero attached hydrogens (tertiary/aromatic N) is 1. The van der Waals surface area contributed by atoms with Crippen molar-refractivity contribution in [3.63, 3.8) is 0 Å². The summed E-state index contributed by atoms with van der Waals surface area (Å²) in [5, 5.41) is 19.4. The van der Waals surface area contributed by atoms with Gasteiger partial charge in [0.15, 0.2) is 6.10 Å². The summed E-state index contributed by atoms with van der Waals surface area (Å²) in [6, 6.07) is 7.49. The SMILES string of the molecule is Cc1ccccc1OCC(O)CN1CCC(C(O)C(F)(F)F)CC1. The predicted octanol–water partition coefficient (Wildman–Crippen LogP) is 2.37. The van der Waals surface area contributed by atoms with E-state index in [1.54, 1.807) is 0 Å². The number of alkyl halides is 3. The number of para-hydroxylation sites is 1. The largest absolute Gasteiger partial charge is 0.491 e. The van der Waals surface area contributed by atoms with E-state index in [1.165, 1.54) is 0 Å². The van der Waals surface area contributed by atoms with Crippen molar-refractivity contribution in [1.82, 2.24) is 4.90 Å². The third-order valence-corrected chi connectivity index (χ3v) is 4.41. The molecule has 2 atom stereocenters. The minimum absolute atomic E-state index is 0.135. The fourth-order valence-corrected chi connectivity index (χ4v) is 2.97. The van der Waals surface area contributed by atoms with E-state index in [0.717, 1.165) is 5.56 Å². The van der Waals surface area contributed by atoms with Crippen LogP contribution in [0.15, 0.2) is 24.3 Å². The Balaban J connectivity index is 1.72. The number of aryl methyl sites for hydroxylation is 1. The van der Waals surface area contributed by atoms with E-state index in [-0.39, 0.29) is 19.4 Å². The van der Waals surface area contributed by atoms with Gasteiger partial charge in [-0.15, -0.1) is 0 Å². The van der Waals surface area contributed by atoms with Gasteiger partial charge in [0, 0.05) is 6.54 Å². The topological polar surface area (TPSA) is 52.9 Å². The van der Waals surface area contributed by atoms with Crippen LogP contribution in [0, 0.1) is 12.8 Å². The molecule has 1 aromatic carbocycles. The van der Waals surface area contributed by atoms with E-state index >= 15 is 0 Å². The summed E-state index contributed by atoms with van der Waals surface area (Å²) < 4.78 is 43.1. The second kappa shape index (κ2) is 8.18. The minimum atomic E-state index is -4.56. The number of ether oxygens (including phenoxy) is 1. The Morgan fingerprint density at radius 3 is 2.42 bits per heavy atom. The predicted molar refractivity (Wildman–Crippen MR) is 83.9 cm³/mol. The molecule has 2 rings (SSSR count). The molecule has 0 radical (unpaired) electrons. The first-order valence-corrected chi connectivity index (χ1v) is 8.11. The molecule has 1 aliphatic rings. The van der Waals surface area contributed by atoms with Gasteiger partial charge in [-0.2, -0.15) is 13.2 Å². The van der Waals surface area contributed by atoms with Crippen LogP contribution in [0.1, 0.15) is 18.4 Å². The highest BCUT2D eigenvalue weighted by Crippen LogP contribution is 2.31. The lowest BCUT2D eigenvalue weighted by atomic mass is 9.91. The molecular weight excluding hydrogens is 323 g/mol. The van der Waals surface area contributed by atoms with Crippen LogP contribution in [-0.4, -0.2) is 59.7 Å². The average molecular weight is 347 g/mol. The molecule has 136 valence electrons. The van der Waals surface area contributed by atoms with Crippen LogP contribution in [0.25, 0.3) is 0 Å². The number of aliphatic hydroxyl groups excluding tert-OH is 2. The Hall–Kier alpha value is -1.31. The summed E-state index contributed by atoms with van der Waals surface area (Å²) in [7, 11) is 0. The van der Waals surface area contributed by atoms with Gasteiger partial charge in [0.05, 0.1) is 0 Å². The van der Waals surface area contributed by atoms with Crippen molar-refractivity contribution < 1.29 is 28.1 Å². The van der Waals surface area contributed by atoms with Gasteiger partial charge in [-0.3, -0.25) is 0 Å². The summed E-state index contributed by atoms with van der Waals surface area (Å²) >= 11 is 0. The number of rotatable bonds is 6. The van der Waals surface area contributed by atoms with E-state index in [2.05, 4.69) is 0 Å². The maximum Gasteiger partial charge on any atom is 0.414 e. The van der Waals surface area contributed by atoms with Gasteiger partial charge in [-0.05, 0) is 50.4 Å². The lowest BCUT2D eigenvalue weighted by molar-refractivity contribution is -0.223. The molecule has 2 unspecified atom stereocenters. The van der Waals surface area contributed by atoms with E-state index in [4.69, 9.17) is 4.74 Å². The molecule has 2 N–H and O–H groups in total. The summed E-state index contributed by atoms with van der Waals surface area (Å²) in [6.45, 7) is 3.26. The van der Waals surface area contributed by atoms with Gasteiger partial charge < -0.3 is 19.8 Å². The molecule has 1 aromatic rings. The van der Waals surface area contributed by atoms with Crippen LogP contribution in [-0.2, 0) is 0 Å². The highest BCUT2D eigenvalue weighted by molar-refractivity contribution is 5.31. The molecule has 1 saturated heterocycles. The van der Waals surface area contributed by atoms with Crippen LogP contribution in [0.2, 0.25) is 0 Å². The molecule has 4 nitrogen and oxygen atoms in total. The van der Waals surface area contributed by atoms with Crippen LogP contribution in [0.3, 0.4) is 0 Å². The molecule has 1 fully saturated rings. The fourth-order valence-electron chi connectivity index (χ4n) is 2.97. The van der Waals surface area contributed by atoms with Crippen molar-refractivity contribution in [2.75, 3.05) is 26.2 Å². The number of hydrogen-bond acceptors (Lipinski definition) is 4. The summed E-state index contributed by atoms with van der Waals surface area (Å²) in [4.78, 5) is 1.91. The van der Waals surface area contributed by atoms with Crippen LogP contribution in [0.4, 0.5) is 13.2 Å². The summed E-state index contributed by atoms with van der Waals surface area (Å²) in [5.41, 5.74) is 0.978. The second-order valence-corrected chi connectivity index (χ2v) is 6.35. The Morgan fingerprint density at radius 1 is 1.21 bits per heavy atom. The number of halogens is 3. The average Bonchev–Trinajstić information content (AvgIpc) is 2.53. The van der Waals surface area contributed by atoms with E-state index in [1.807, 2.05) is 36.1 Å². The quantitative estimate of drug-likeness (QED) is 0.830. The molecule has 0 saturated carbocycles. The lowest BCUT2D eigenvalue weighted by Crippen LogP contribution is -2.45. The highest BCUT2D eigenvalue weighted by Gasteiger charge is 2.44. The molecule has 0 bridgehead atoms. The molecule has 24 heavy (non-hydrogen) atoms. The molecule has 0 aliphatic carbocycles. The molecule has 0 aromatic heterocycles. The molecule has 1 aliphatic heterocycles. The second-order valence-electron chi connectivity index (χ2n) is 6.35. The first-order chi connectivity index (χ1) is 11.3. The monoisotopic (exact) mass is 347 g/mol. The zero-order valence-corrected chi connectivity index (χ0v) is 13.7. The number of aliphatic hydroxyl groups is 2. The molecule has 1 heterocycles. The maximum absolute atomic E-state index is 12.5. The Morgan fingerprint density at radius 2 is 1.83 bits per heavy atom. The third kappa shape index (κ3) is 5.36. The normalized spacial score (nSPS) is 19.9. The Bertz CT molecular complexity index is 516. The summed E-state index contributed by atoms with van der Waals surface area (Å²) in [6.07, 6.45) is -6.99. The zero-order valence-electron chi connectivity index (χ0n) is 13.7. The third-order valence-electron chi connectivity index (χ3n) is 4.41. The van der Waals surface area contributed by atoms with Gasteiger partial charge >= 0.3 is 6.18 Å².